The van der Waals surface area contributed by atoms with Crippen molar-refractivity contribution >= 4 is 34.2 Å². The van der Waals surface area contributed by atoms with Gasteiger partial charge in [0.05, 0.1) is 4.91 Å². The molecule has 0 radical (unpaired) electrons. The molecule has 1 saturated carbocycles. The fraction of sp³-hybridized carbons (Fsp3) is 0.550. The molecule has 142 valence electrons. The van der Waals surface area contributed by atoms with E-state index >= 15 is 0 Å². The number of aromatic nitrogens is 1. The highest BCUT2D eigenvalue weighted by Gasteiger charge is 2.39. The number of amides is 1. The van der Waals surface area contributed by atoms with E-state index in [0.29, 0.717) is 22.2 Å². The maximum absolute atomic E-state index is 12.9. The van der Waals surface area contributed by atoms with Gasteiger partial charge in [-0.05, 0) is 31.2 Å². The van der Waals surface area contributed by atoms with Crippen molar-refractivity contribution in [2.75, 3.05) is 13.1 Å². The predicted octanol–water partition coefficient (Wildman–Crippen LogP) is 2.91. The van der Waals surface area contributed by atoms with Crippen LogP contribution >= 0.6 is 24.0 Å². The van der Waals surface area contributed by atoms with Crippen molar-refractivity contribution < 1.29 is 4.79 Å². The number of carbonyl (C=O) groups excluding carboxylic acids is 1. The summed E-state index contributed by atoms with van der Waals surface area (Å²) in [5.74, 6) is 0.888. The van der Waals surface area contributed by atoms with E-state index in [2.05, 4.69) is 11.0 Å². The average molecular weight is 402 g/mol. The molecule has 0 N–H and O–H groups in total. The third-order valence-corrected chi connectivity index (χ3v) is 7.64. The van der Waals surface area contributed by atoms with E-state index in [9.17, 15) is 9.59 Å². The molecule has 3 aliphatic heterocycles. The standard InChI is InChI=1S/C20H23N3O2S2/c24-18-7-3-6-16-14-8-13(10-22(16)18)9-21(11-14)12-17-19(25)23(20(26)27-17)15-4-1-2-5-15/h3,6-7,12-15H,1-2,4-5,8-11H2/b17-12-/t13-,14-/m0/s1. The Morgan fingerprint density at radius 1 is 1.11 bits per heavy atom. The highest BCUT2D eigenvalue weighted by Crippen LogP contribution is 2.39. The molecular weight excluding hydrogens is 378 g/mol. The van der Waals surface area contributed by atoms with Crippen LogP contribution in [0.4, 0.5) is 0 Å². The Labute approximate surface area is 168 Å². The maximum atomic E-state index is 12.9. The Kier molecular flexibility index (Phi) is 4.39. The predicted molar refractivity (Wildman–Crippen MR) is 110 cm³/mol. The smallest absolute Gasteiger partial charge is 0.267 e. The number of fused-ring (bicyclic) bond motifs is 4. The van der Waals surface area contributed by atoms with Gasteiger partial charge in [-0.25, -0.2) is 0 Å². The fourth-order valence-corrected chi connectivity index (χ4v) is 6.56. The first-order valence-electron chi connectivity index (χ1n) is 9.81. The largest absolute Gasteiger partial charge is 0.375 e. The molecule has 1 aromatic rings. The number of nitrogens with zero attached hydrogens (tertiary/aromatic N) is 3. The van der Waals surface area contributed by atoms with E-state index in [1.54, 1.807) is 6.07 Å². The summed E-state index contributed by atoms with van der Waals surface area (Å²) in [5, 5.41) is 0. The molecule has 1 aliphatic carbocycles. The van der Waals surface area contributed by atoms with E-state index in [0.717, 1.165) is 49.5 Å². The van der Waals surface area contributed by atoms with Gasteiger partial charge in [-0.15, -0.1) is 0 Å². The number of pyridine rings is 1. The van der Waals surface area contributed by atoms with Gasteiger partial charge in [0, 0.05) is 49.6 Å². The molecule has 0 unspecified atom stereocenters. The second kappa shape index (κ2) is 6.78. The molecule has 4 aliphatic rings. The van der Waals surface area contributed by atoms with E-state index in [4.69, 9.17) is 12.2 Å². The second-order valence-corrected chi connectivity index (χ2v) is 9.80. The van der Waals surface area contributed by atoms with Crippen LogP contribution in [0.2, 0.25) is 0 Å². The molecule has 1 amide bonds. The summed E-state index contributed by atoms with van der Waals surface area (Å²) in [6, 6.07) is 5.88. The van der Waals surface area contributed by atoms with Crippen LogP contribution in [0.1, 0.15) is 43.7 Å². The highest BCUT2D eigenvalue weighted by atomic mass is 32.2. The number of hydrogen-bond donors (Lipinski definition) is 0. The fourth-order valence-electron chi connectivity index (χ4n) is 5.15. The van der Waals surface area contributed by atoms with Gasteiger partial charge in [0.25, 0.3) is 11.5 Å². The normalized spacial score (nSPS) is 29.7. The molecule has 4 heterocycles. The minimum absolute atomic E-state index is 0.0873. The van der Waals surface area contributed by atoms with Gasteiger partial charge in [0.1, 0.15) is 4.32 Å². The summed E-state index contributed by atoms with van der Waals surface area (Å²) in [7, 11) is 0. The molecule has 0 spiro atoms. The van der Waals surface area contributed by atoms with Crippen molar-refractivity contribution in [2.24, 2.45) is 5.92 Å². The van der Waals surface area contributed by atoms with Gasteiger partial charge in [-0.3, -0.25) is 14.5 Å². The number of likely N-dealkylation sites (tertiary alicyclic amines) is 1. The third kappa shape index (κ3) is 3.05. The first-order chi connectivity index (χ1) is 13.1. The lowest BCUT2D eigenvalue weighted by Crippen LogP contribution is -2.45. The minimum atomic E-state index is 0.0873. The summed E-state index contributed by atoms with van der Waals surface area (Å²) in [6.07, 6.45) is 7.67. The molecule has 2 bridgehead atoms. The first kappa shape index (κ1) is 17.5. The average Bonchev–Trinajstić information content (AvgIpc) is 3.24. The lowest BCUT2D eigenvalue weighted by molar-refractivity contribution is -0.123. The Morgan fingerprint density at radius 3 is 2.74 bits per heavy atom. The monoisotopic (exact) mass is 401 g/mol. The quantitative estimate of drug-likeness (QED) is 0.563. The molecule has 2 saturated heterocycles. The first-order valence-corrected chi connectivity index (χ1v) is 11.0. The van der Waals surface area contributed by atoms with Crippen LogP contribution in [-0.4, -0.2) is 43.7 Å². The van der Waals surface area contributed by atoms with E-state index in [-0.39, 0.29) is 11.5 Å². The van der Waals surface area contributed by atoms with Gasteiger partial charge in [0.2, 0.25) is 0 Å². The SMILES string of the molecule is O=C1/C(=C/N2C[C@@H]3C[C@@H](C2)c2cccc(=O)n2C3)SC(=S)N1C1CCCC1. The summed E-state index contributed by atoms with van der Waals surface area (Å²) < 4.78 is 2.66. The number of carbonyl (C=O) groups is 1. The summed E-state index contributed by atoms with van der Waals surface area (Å²) in [4.78, 5) is 30.0. The number of thiocarbonyl (C=S) groups is 1. The van der Waals surface area contributed by atoms with E-state index in [1.807, 2.05) is 21.7 Å². The highest BCUT2D eigenvalue weighted by molar-refractivity contribution is 8.26. The summed E-state index contributed by atoms with van der Waals surface area (Å²) in [6.45, 7) is 2.52. The van der Waals surface area contributed by atoms with Crippen molar-refractivity contribution in [2.45, 2.75) is 50.6 Å². The lowest BCUT2D eigenvalue weighted by Gasteiger charge is -2.42. The van der Waals surface area contributed by atoms with Gasteiger partial charge >= 0.3 is 0 Å². The van der Waals surface area contributed by atoms with Crippen LogP contribution in [0, 0.1) is 5.92 Å². The maximum Gasteiger partial charge on any atom is 0.267 e. The van der Waals surface area contributed by atoms with Crippen molar-refractivity contribution in [3.63, 3.8) is 0 Å². The number of rotatable bonds is 2. The Hall–Kier alpha value is -1.60. The van der Waals surface area contributed by atoms with Crippen LogP contribution in [0.15, 0.2) is 34.1 Å². The zero-order valence-corrected chi connectivity index (χ0v) is 16.8. The van der Waals surface area contributed by atoms with Gasteiger partial charge in [-0.2, -0.15) is 0 Å². The Balaban J connectivity index is 1.37. The molecule has 5 rings (SSSR count). The van der Waals surface area contributed by atoms with Crippen molar-refractivity contribution in [1.82, 2.24) is 14.4 Å². The van der Waals surface area contributed by atoms with E-state index in [1.165, 1.54) is 24.6 Å². The molecule has 2 atom stereocenters. The van der Waals surface area contributed by atoms with Crippen molar-refractivity contribution in [1.29, 1.82) is 0 Å². The number of thioether (sulfide) groups is 1. The summed E-state index contributed by atoms with van der Waals surface area (Å²) >= 11 is 6.97. The van der Waals surface area contributed by atoms with Crippen LogP contribution in [-0.2, 0) is 11.3 Å². The van der Waals surface area contributed by atoms with Gasteiger partial charge < -0.3 is 9.47 Å². The molecule has 27 heavy (non-hydrogen) atoms. The van der Waals surface area contributed by atoms with Crippen LogP contribution < -0.4 is 5.56 Å². The third-order valence-electron chi connectivity index (χ3n) is 6.32. The molecule has 5 nitrogen and oxygen atoms in total. The van der Waals surface area contributed by atoms with Crippen LogP contribution in [0.3, 0.4) is 0 Å². The van der Waals surface area contributed by atoms with Crippen LogP contribution in [0.25, 0.3) is 0 Å². The molecule has 3 fully saturated rings. The molecule has 7 heteroatoms. The summed E-state index contributed by atoms with van der Waals surface area (Å²) in [5.41, 5.74) is 1.24. The minimum Gasteiger partial charge on any atom is -0.375 e. The molecular formula is C20H23N3O2S2. The number of hydrogen-bond acceptors (Lipinski definition) is 5. The second-order valence-electron chi connectivity index (χ2n) is 8.13. The zero-order chi connectivity index (χ0) is 18.5. The molecule has 1 aromatic heterocycles. The van der Waals surface area contributed by atoms with E-state index < -0.39 is 0 Å². The topological polar surface area (TPSA) is 45.6 Å². The number of piperidine rings is 1. The van der Waals surface area contributed by atoms with Crippen LogP contribution in [0.5, 0.6) is 0 Å². The zero-order valence-electron chi connectivity index (χ0n) is 15.2. The Bertz CT molecular complexity index is 887. The van der Waals surface area contributed by atoms with Crippen molar-refractivity contribution in [3.05, 3.63) is 45.4 Å². The van der Waals surface area contributed by atoms with Crippen molar-refractivity contribution in [3.8, 4) is 0 Å². The van der Waals surface area contributed by atoms with Gasteiger partial charge in [-0.1, -0.05) is 42.9 Å². The molecule has 0 aromatic carbocycles. The lowest BCUT2D eigenvalue weighted by atomic mass is 9.83. The Morgan fingerprint density at radius 2 is 1.93 bits per heavy atom. The van der Waals surface area contributed by atoms with Gasteiger partial charge in [0.15, 0.2) is 0 Å².